The van der Waals surface area contributed by atoms with Crippen LogP contribution in [0.3, 0.4) is 0 Å². The Bertz CT molecular complexity index is 435. The van der Waals surface area contributed by atoms with E-state index in [0.717, 1.165) is 12.2 Å². The van der Waals surface area contributed by atoms with E-state index < -0.39 is 0 Å². The van der Waals surface area contributed by atoms with Crippen molar-refractivity contribution in [2.75, 3.05) is 30.9 Å². The Kier molecular flexibility index (Phi) is 3.50. The number of methoxy groups -OCH3 is 1. The predicted molar refractivity (Wildman–Crippen MR) is 67.8 cm³/mol. The molecule has 4 nitrogen and oxygen atoms in total. The molecule has 1 fully saturated rings. The fourth-order valence-electron chi connectivity index (χ4n) is 1.96. The first-order valence-electron chi connectivity index (χ1n) is 5.81. The van der Waals surface area contributed by atoms with Crippen molar-refractivity contribution in [1.82, 2.24) is 0 Å². The monoisotopic (exact) mass is 231 g/mol. The van der Waals surface area contributed by atoms with E-state index in [1.807, 2.05) is 12.1 Å². The van der Waals surface area contributed by atoms with Gasteiger partial charge in [-0.2, -0.15) is 5.26 Å². The molecule has 0 aliphatic heterocycles. The molecule has 1 aliphatic carbocycles. The number of nitriles is 1. The summed E-state index contributed by atoms with van der Waals surface area (Å²) in [4.78, 5) is 2.28. The molecule has 0 bridgehead atoms. The fraction of sp³-hybridized carbons (Fsp3) is 0.462. The van der Waals surface area contributed by atoms with Crippen LogP contribution in [0.4, 0.5) is 11.4 Å². The summed E-state index contributed by atoms with van der Waals surface area (Å²) in [5.74, 6) is 0. The average molecular weight is 231 g/mol. The van der Waals surface area contributed by atoms with Gasteiger partial charge in [-0.15, -0.1) is 0 Å². The summed E-state index contributed by atoms with van der Waals surface area (Å²) in [5, 5.41) is 8.82. The van der Waals surface area contributed by atoms with Crippen LogP contribution < -0.4 is 10.6 Å². The van der Waals surface area contributed by atoms with Crippen molar-refractivity contribution in [2.24, 2.45) is 0 Å². The summed E-state index contributed by atoms with van der Waals surface area (Å²) in [6, 6.07) is 8.16. The van der Waals surface area contributed by atoms with E-state index in [9.17, 15) is 0 Å². The van der Waals surface area contributed by atoms with Crippen LogP contribution in [0.1, 0.15) is 18.4 Å². The first-order chi connectivity index (χ1) is 8.26. The molecule has 1 saturated carbocycles. The second-order valence-electron chi connectivity index (χ2n) is 4.30. The molecule has 0 amide bonds. The molecule has 0 atom stereocenters. The van der Waals surface area contributed by atoms with Gasteiger partial charge in [0.1, 0.15) is 0 Å². The Labute approximate surface area is 102 Å². The first-order valence-corrected chi connectivity index (χ1v) is 5.81. The molecule has 90 valence electrons. The summed E-state index contributed by atoms with van der Waals surface area (Å²) < 4.78 is 5.12. The lowest BCUT2D eigenvalue weighted by atomic mass is 10.1. The largest absolute Gasteiger partial charge is 0.397 e. The lowest BCUT2D eigenvalue weighted by molar-refractivity contribution is 0.205. The number of nitrogens with two attached hydrogens (primary N) is 1. The Morgan fingerprint density at radius 2 is 2.29 bits per heavy atom. The number of nitrogens with zero attached hydrogens (tertiary/aromatic N) is 2. The summed E-state index contributed by atoms with van der Waals surface area (Å²) in [5.41, 5.74) is 8.30. The molecule has 0 radical (unpaired) electrons. The average Bonchev–Trinajstić information content (AvgIpc) is 3.15. The van der Waals surface area contributed by atoms with E-state index in [4.69, 9.17) is 15.7 Å². The van der Waals surface area contributed by atoms with Crippen molar-refractivity contribution in [3.05, 3.63) is 23.8 Å². The van der Waals surface area contributed by atoms with Crippen LogP contribution in [0.25, 0.3) is 0 Å². The normalized spacial score (nSPS) is 14.4. The fourth-order valence-corrected chi connectivity index (χ4v) is 1.96. The number of hydrogen-bond acceptors (Lipinski definition) is 4. The zero-order valence-corrected chi connectivity index (χ0v) is 10.0. The molecule has 2 rings (SSSR count). The molecule has 1 aromatic carbocycles. The summed E-state index contributed by atoms with van der Waals surface area (Å²) in [7, 11) is 1.70. The number of nitrogen functional groups attached to an aromatic ring is 1. The van der Waals surface area contributed by atoms with Crippen LogP contribution in [-0.2, 0) is 4.74 Å². The molecule has 0 aromatic heterocycles. The molecule has 1 aromatic rings. The van der Waals surface area contributed by atoms with Gasteiger partial charge in [-0.3, -0.25) is 0 Å². The lowest BCUT2D eigenvalue weighted by Crippen LogP contribution is -2.30. The maximum absolute atomic E-state index is 8.82. The van der Waals surface area contributed by atoms with Gasteiger partial charge in [0.2, 0.25) is 0 Å². The van der Waals surface area contributed by atoms with Crippen molar-refractivity contribution in [3.63, 3.8) is 0 Å². The molecule has 0 spiro atoms. The minimum Gasteiger partial charge on any atom is -0.397 e. The Morgan fingerprint density at radius 1 is 1.53 bits per heavy atom. The van der Waals surface area contributed by atoms with Gasteiger partial charge in [-0.25, -0.2) is 0 Å². The molecule has 0 heterocycles. The third-order valence-electron chi connectivity index (χ3n) is 2.99. The molecule has 17 heavy (non-hydrogen) atoms. The smallest absolute Gasteiger partial charge is 0.0992 e. The van der Waals surface area contributed by atoms with E-state index in [2.05, 4.69) is 11.0 Å². The van der Waals surface area contributed by atoms with Crippen LogP contribution in [-0.4, -0.2) is 26.3 Å². The second kappa shape index (κ2) is 5.07. The molecular formula is C13H17N3O. The van der Waals surface area contributed by atoms with Gasteiger partial charge in [-0.1, -0.05) is 0 Å². The number of hydrogen-bond donors (Lipinski definition) is 1. The van der Waals surface area contributed by atoms with Crippen LogP contribution in [0.5, 0.6) is 0 Å². The van der Waals surface area contributed by atoms with Gasteiger partial charge in [-0.05, 0) is 31.0 Å². The van der Waals surface area contributed by atoms with E-state index in [1.54, 1.807) is 13.2 Å². The minimum atomic E-state index is 0.584. The quantitative estimate of drug-likeness (QED) is 0.784. The maximum atomic E-state index is 8.82. The van der Waals surface area contributed by atoms with Crippen molar-refractivity contribution in [2.45, 2.75) is 18.9 Å². The number of anilines is 2. The van der Waals surface area contributed by atoms with Crippen molar-refractivity contribution in [3.8, 4) is 6.07 Å². The summed E-state index contributed by atoms with van der Waals surface area (Å²) >= 11 is 0. The van der Waals surface area contributed by atoms with Gasteiger partial charge in [0.25, 0.3) is 0 Å². The third kappa shape index (κ3) is 2.69. The van der Waals surface area contributed by atoms with Crippen molar-refractivity contribution in [1.29, 1.82) is 5.26 Å². The highest BCUT2D eigenvalue weighted by molar-refractivity contribution is 5.70. The Hall–Kier alpha value is -1.73. The molecule has 0 saturated heterocycles. The highest BCUT2D eigenvalue weighted by Gasteiger charge is 2.29. The molecule has 0 unspecified atom stereocenters. The van der Waals surface area contributed by atoms with E-state index in [-0.39, 0.29) is 0 Å². The topological polar surface area (TPSA) is 62.3 Å². The number of ether oxygens (including phenoxy) is 1. The predicted octanol–water partition coefficient (Wildman–Crippen LogP) is 1.76. The van der Waals surface area contributed by atoms with Crippen LogP contribution in [0.15, 0.2) is 18.2 Å². The first kappa shape index (κ1) is 11.7. The van der Waals surface area contributed by atoms with E-state index in [1.165, 1.54) is 12.8 Å². The lowest BCUT2D eigenvalue weighted by Gasteiger charge is -2.25. The van der Waals surface area contributed by atoms with Crippen LogP contribution in [0, 0.1) is 11.3 Å². The zero-order valence-electron chi connectivity index (χ0n) is 10.0. The van der Waals surface area contributed by atoms with Crippen molar-refractivity contribution >= 4 is 11.4 Å². The van der Waals surface area contributed by atoms with E-state index in [0.29, 0.717) is 23.9 Å². The second-order valence-corrected chi connectivity index (χ2v) is 4.30. The SMILES string of the molecule is COCCN(c1ccc(C#N)cc1N)C1CC1. The Morgan fingerprint density at radius 3 is 2.82 bits per heavy atom. The molecule has 2 N–H and O–H groups in total. The Balaban J connectivity index is 2.20. The number of benzene rings is 1. The van der Waals surface area contributed by atoms with Gasteiger partial charge < -0.3 is 15.4 Å². The molecular weight excluding hydrogens is 214 g/mol. The van der Waals surface area contributed by atoms with Crippen LogP contribution >= 0.6 is 0 Å². The third-order valence-corrected chi connectivity index (χ3v) is 2.99. The van der Waals surface area contributed by atoms with E-state index >= 15 is 0 Å². The number of rotatable bonds is 5. The maximum Gasteiger partial charge on any atom is 0.0992 e. The summed E-state index contributed by atoms with van der Waals surface area (Å²) in [6.45, 7) is 1.53. The molecule has 4 heteroatoms. The van der Waals surface area contributed by atoms with Crippen molar-refractivity contribution < 1.29 is 4.74 Å². The summed E-state index contributed by atoms with van der Waals surface area (Å²) in [6.07, 6.45) is 2.42. The van der Waals surface area contributed by atoms with Crippen LogP contribution in [0.2, 0.25) is 0 Å². The van der Waals surface area contributed by atoms with Gasteiger partial charge >= 0.3 is 0 Å². The van der Waals surface area contributed by atoms with Gasteiger partial charge in [0, 0.05) is 19.7 Å². The molecule has 1 aliphatic rings. The highest BCUT2D eigenvalue weighted by atomic mass is 16.5. The zero-order chi connectivity index (χ0) is 12.3. The van der Waals surface area contributed by atoms with Gasteiger partial charge in [0.05, 0.1) is 29.6 Å². The standard InChI is InChI=1S/C13H17N3O/c1-17-7-6-16(11-3-4-11)13-5-2-10(9-14)8-12(13)15/h2,5,8,11H,3-4,6-7,15H2,1H3. The van der Waals surface area contributed by atoms with Gasteiger partial charge in [0.15, 0.2) is 0 Å². The highest BCUT2D eigenvalue weighted by Crippen LogP contribution is 2.34. The minimum absolute atomic E-state index is 0.584.